The molecule has 0 radical (unpaired) electrons. The van der Waals surface area contributed by atoms with Crippen LogP contribution in [0.5, 0.6) is 0 Å². The lowest BCUT2D eigenvalue weighted by Gasteiger charge is -2.23. The molecule has 2 rings (SSSR count). The molecule has 1 aromatic heterocycles. The van der Waals surface area contributed by atoms with Crippen molar-refractivity contribution in [3.63, 3.8) is 0 Å². The van der Waals surface area contributed by atoms with Crippen LogP contribution in [0.25, 0.3) is 0 Å². The first-order valence-electron chi connectivity index (χ1n) is 9.25. The molecule has 0 amide bonds. The molecule has 0 spiro atoms. The van der Waals surface area contributed by atoms with Gasteiger partial charge >= 0.3 is 0 Å². The zero-order valence-electron chi connectivity index (χ0n) is 17.1. The third-order valence-electron chi connectivity index (χ3n) is 5.94. The van der Waals surface area contributed by atoms with Crippen molar-refractivity contribution in [2.45, 2.75) is 67.9 Å². The van der Waals surface area contributed by atoms with Crippen LogP contribution in [0.15, 0.2) is 29.4 Å². The zero-order chi connectivity index (χ0) is 18.7. The summed E-state index contributed by atoms with van der Waals surface area (Å²) in [6.45, 7) is 17.9. The second kappa shape index (κ2) is 7.95. The minimum absolute atomic E-state index is 0.266. The number of pyridine rings is 1. The number of hydrogen-bond donors (Lipinski definition) is 0. The molecule has 2 heteroatoms. The Morgan fingerprint density at radius 2 is 1.48 bits per heavy atom. The molecule has 25 heavy (non-hydrogen) atoms. The van der Waals surface area contributed by atoms with E-state index in [1.54, 1.807) is 0 Å². The van der Waals surface area contributed by atoms with Crippen molar-refractivity contribution in [3.8, 4) is 0 Å². The fourth-order valence-corrected chi connectivity index (χ4v) is 3.45. The molecule has 2 unspecified atom stereocenters. The van der Waals surface area contributed by atoms with Gasteiger partial charge in [-0.2, -0.15) is 0 Å². The van der Waals surface area contributed by atoms with E-state index in [1.807, 2.05) is 24.4 Å². The van der Waals surface area contributed by atoms with Crippen LogP contribution in [0.1, 0.15) is 59.8 Å². The number of rotatable bonds is 5. The standard InChI is InChI=1S/C23H32N2/c1-14(20(7)25-21(8)23-11-9-10-12-24-23)13-22-18(5)16(3)15(2)17(4)19(22)6/h9-12,14,20H,13H2,1-8H3/b25-21-. The Morgan fingerprint density at radius 3 is 2.00 bits per heavy atom. The van der Waals surface area contributed by atoms with Crippen molar-refractivity contribution >= 4 is 5.71 Å². The Bertz CT molecular complexity index is 743. The Labute approximate surface area is 153 Å². The maximum Gasteiger partial charge on any atom is 0.0837 e. The normalized spacial score (nSPS) is 14.5. The molecule has 2 aromatic rings. The summed E-state index contributed by atoms with van der Waals surface area (Å²) in [5, 5.41) is 0. The molecule has 0 N–H and O–H groups in total. The minimum atomic E-state index is 0.266. The van der Waals surface area contributed by atoms with Crippen LogP contribution in [0.3, 0.4) is 0 Å². The summed E-state index contributed by atoms with van der Waals surface area (Å²) in [4.78, 5) is 9.32. The highest BCUT2D eigenvalue weighted by atomic mass is 14.8. The third kappa shape index (κ3) is 4.18. The highest BCUT2D eigenvalue weighted by Crippen LogP contribution is 2.29. The van der Waals surface area contributed by atoms with E-state index in [-0.39, 0.29) is 6.04 Å². The van der Waals surface area contributed by atoms with Crippen molar-refractivity contribution in [3.05, 3.63) is 63.5 Å². The fourth-order valence-electron chi connectivity index (χ4n) is 3.45. The van der Waals surface area contributed by atoms with E-state index < -0.39 is 0 Å². The van der Waals surface area contributed by atoms with Crippen LogP contribution < -0.4 is 0 Å². The van der Waals surface area contributed by atoms with Gasteiger partial charge in [0, 0.05) is 6.20 Å². The van der Waals surface area contributed by atoms with E-state index in [9.17, 15) is 0 Å². The van der Waals surface area contributed by atoms with E-state index in [1.165, 1.54) is 33.4 Å². The molecule has 2 nitrogen and oxygen atoms in total. The van der Waals surface area contributed by atoms with Gasteiger partial charge in [-0.1, -0.05) is 13.0 Å². The topological polar surface area (TPSA) is 25.2 Å². The van der Waals surface area contributed by atoms with Gasteiger partial charge in [-0.25, -0.2) is 0 Å². The molecule has 2 atom stereocenters. The number of aromatic nitrogens is 1. The lowest BCUT2D eigenvalue weighted by atomic mass is 9.84. The highest BCUT2D eigenvalue weighted by Gasteiger charge is 2.18. The highest BCUT2D eigenvalue weighted by molar-refractivity contribution is 5.96. The third-order valence-corrected chi connectivity index (χ3v) is 5.94. The van der Waals surface area contributed by atoms with Crippen LogP contribution >= 0.6 is 0 Å². The average molecular weight is 337 g/mol. The molecule has 0 aliphatic rings. The van der Waals surface area contributed by atoms with Gasteiger partial charge < -0.3 is 0 Å². The molecule has 134 valence electrons. The molecular formula is C23H32N2. The first-order valence-corrected chi connectivity index (χ1v) is 9.25. The van der Waals surface area contributed by atoms with Crippen molar-refractivity contribution in [1.82, 2.24) is 4.98 Å². The van der Waals surface area contributed by atoms with Gasteiger partial charge in [0.25, 0.3) is 0 Å². The number of hydrogen-bond acceptors (Lipinski definition) is 2. The van der Waals surface area contributed by atoms with E-state index in [4.69, 9.17) is 4.99 Å². The van der Waals surface area contributed by atoms with Gasteiger partial charge in [0.05, 0.1) is 17.4 Å². The van der Waals surface area contributed by atoms with Gasteiger partial charge in [0.1, 0.15) is 0 Å². The Hall–Kier alpha value is -1.96. The maximum atomic E-state index is 4.92. The molecule has 0 saturated carbocycles. The molecule has 0 aliphatic carbocycles. The van der Waals surface area contributed by atoms with E-state index in [2.05, 4.69) is 60.4 Å². The molecule has 0 bridgehead atoms. The van der Waals surface area contributed by atoms with Crippen molar-refractivity contribution in [2.75, 3.05) is 0 Å². The summed E-state index contributed by atoms with van der Waals surface area (Å²) in [6, 6.07) is 6.25. The maximum absolute atomic E-state index is 4.92. The summed E-state index contributed by atoms with van der Waals surface area (Å²) >= 11 is 0. The first kappa shape index (κ1) is 19.4. The summed E-state index contributed by atoms with van der Waals surface area (Å²) in [5.41, 5.74) is 10.7. The molecule has 0 saturated heterocycles. The van der Waals surface area contributed by atoms with Crippen LogP contribution in [-0.2, 0) is 6.42 Å². The Balaban J connectivity index is 2.24. The van der Waals surface area contributed by atoms with E-state index >= 15 is 0 Å². The summed E-state index contributed by atoms with van der Waals surface area (Å²) in [7, 11) is 0. The number of benzene rings is 1. The molecule has 0 aliphatic heterocycles. The lowest BCUT2D eigenvalue weighted by Crippen LogP contribution is -2.18. The van der Waals surface area contributed by atoms with Gasteiger partial charge in [-0.05, 0) is 106 Å². The Kier molecular flexibility index (Phi) is 6.16. The smallest absolute Gasteiger partial charge is 0.0837 e. The van der Waals surface area contributed by atoms with Crippen molar-refractivity contribution < 1.29 is 0 Å². The predicted octanol–water partition coefficient (Wildman–Crippen LogP) is 5.70. The largest absolute Gasteiger partial charge is 0.284 e. The average Bonchev–Trinajstić information content (AvgIpc) is 2.62. The molecule has 0 fully saturated rings. The van der Waals surface area contributed by atoms with Gasteiger partial charge in [-0.15, -0.1) is 0 Å². The van der Waals surface area contributed by atoms with Gasteiger partial charge in [-0.3, -0.25) is 9.98 Å². The first-order chi connectivity index (χ1) is 11.7. The fraction of sp³-hybridized carbons (Fsp3) is 0.478. The SMILES string of the molecule is C/C(=N/C(C)C(C)Cc1c(C)c(C)c(C)c(C)c1C)c1ccccn1. The summed E-state index contributed by atoms with van der Waals surface area (Å²) in [6.07, 6.45) is 2.90. The van der Waals surface area contributed by atoms with Crippen LogP contribution in [0.2, 0.25) is 0 Å². The monoisotopic (exact) mass is 336 g/mol. The van der Waals surface area contributed by atoms with E-state index in [0.717, 1.165) is 17.8 Å². The van der Waals surface area contributed by atoms with Crippen LogP contribution in [0.4, 0.5) is 0 Å². The summed E-state index contributed by atoms with van der Waals surface area (Å²) < 4.78 is 0. The van der Waals surface area contributed by atoms with Crippen molar-refractivity contribution in [2.24, 2.45) is 10.9 Å². The quantitative estimate of drug-likeness (QED) is 0.643. The molecule has 1 aromatic carbocycles. The molecule has 1 heterocycles. The van der Waals surface area contributed by atoms with Crippen molar-refractivity contribution in [1.29, 1.82) is 0 Å². The molecular weight excluding hydrogens is 304 g/mol. The number of aliphatic imine (C=N–C) groups is 1. The van der Waals surface area contributed by atoms with Crippen LogP contribution in [0, 0.1) is 40.5 Å². The van der Waals surface area contributed by atoms with Crippen LogP contribution in [-0.4, -0.2) is 16.7 Å². The summed E-state index contributed by atoms with van der Waals surface area (Å²) in [5.74, 6) is 0.484. The number of nitrogens with zero attached hydrogens (tertiary/aromatic N) is 2. The van der Waals surface area contributed by atoms with E-state index in [0.29, 0.717) is 5.92 Å². The zero-order valence-corrected chi connectivity index (χ0v) is 17.1. The second-order valence-electron chi connectivity index (χ2n) is 7.46. The predicted molar refractivity (Wildman–Crippen MR) is 109 cm³/mol. The van der Waals surface area contributed by atoms with Gasteiger partial charge in [0.15, 0.2) is 0 Å². The Morgan fingerprint density at radius 1 is 0.920 bits per heavy atom. The minimum Gasteiger partial charge on any atom is -0.284 e. The second-order valence-corrected chi connectivity index (χ2v) is 7.46. The van der Waals surface area contributed by atoms with Gasteiger partial charge in [0.2, 0.25) is 0 Å². The lowest BCUT2D eigenvalue weighted by molar-refractivity contribution is 0.481.